The summed E-state index contributed by atoms with van der Waals surface area (Å²) >= 11 is 0. The number of rotatable bonds is 3. The highest BCUT2D eigenvalue weighted by Crippen LogP contribution is 2.20. The SMILES string of the molecule is COc1cccc(CN2CCCCC2C)c1. The minimum Gasteiger partial charge on any atom is -0.497 e. The molecule has 1 fully saturated rings. The lowest BCUT2D eigenvalue weighted by Crippen LogP contribution is -2.36. The first kappa shape index (κ1) is 11.5. The van der Waals surface area contributed by atoms with Gasteiger partial charge in [0.05, 0.1) is 7.11 Å². The third-order valence-electron chi connectivity index (χ3n) is 3.46. The van der Waals surface area contributed by atoms with Crippen molar-refractivity contribution in [2.75, 3.05) is 13.7 Å². The standard InChI is InChI=1S/C14H21NO/c1-12-6-3-4-9-15(12)11-13-7-5-8-14(10-13)16-2/h5,7-8,10,12H,3-4,6,9,11H2,1-2H3. The highest BCUT2D eigenvalue weighted by atomic mass is 16.5. The van der Waals surface area contributed by atoms with E-state index in [9.17, 15) is 0 Å². The summed E-state index contributed by atoms with van der Waals surface area (Å²) in [6.45, 7) is 4.62. The van der Waals surface area contributed by atoms with Crippen LogP contribution in [0.2, 0.25) is 0 Å². The lowest BCUT2D eigenvalue weighted by molar-refractivity contribution is 0.152. The minimum absolute atomic E-state index is 0.722. The zero-order valence-corrected chi connectivity index (χ0v) is 10.3. The van der Waals surface area contributed by atoms with E-state index in [1.54, 1.807) is 7.11 Å². The number of piperidine rings is 1. The molecule has 1 aromatic carbocycles. The van der Waals surface area contributed by atoms with Gasteiger partial charge >= 0.3 is 0 Å². The zero-order chi connectivity index (χ0) is 11.4. The predicted octanol–water partition coefficient (Wildman–Crippen LogP) is 3.07. The van der Waals surface area contributed by atoms with Crippen LogP contribution in [-0.4, -0.2) is 24.6 Å². The van der Waals surface area contributed by atoms with Crippen molar-refractivity contribution in [2.45, 2.75) is 38.8 Å². The lowest BCUT2D eigenvalue weighted by atomic mass is 10.0. The molecule has 1 aliphatic heterocycles. The molecule has 1 atom stereocenters. The van der Waals surface area contributed by atoms with Crippen LogP contribution in [0.5, 0.6) is 5.75 Å². The molecule has 2 nitrogen and oxygen atoms in total. The van der Waals surface area contributed by atoms with Crippen LogP contribution in [-0.2, 0) is 6.54 Å². The number of benzene rings is 1. The molecule has 1 unspecified atom stereocenters. The summed E-state index contributed by atoms with van der Waals surface area (Å²) in [6.07, 6.45) is 4.06. The Kier molecular flexibility index (Phi) is 3.83. The smallest absolute Gasteiger partial charge is 0.119 e. The summed E-state index contributed by atoms with van der Waals surface area (Å²) in [5.74, 6) is 0.960. The van der Waals surface area contributed by atoms with E-state index >= 15 is 0 Å². The Morgan fingerprint density at radius 2 is 2.25 bits per heavy atom. The highest BCUT2D eigenvalue weighted by molar-refractivity contribution is 5.28. The molecule has 0 radical (unpaired) electrons. The quantitative estimate of drug-likeness (QED) is 0.774. The Balaban J connectivity index is 2.01. The third-order valence-corrected chi connectivity index (χ3v) is 3.46. The van der Waals surface area contributed by atoms with Crippen LogP contribution in [0.4, 0.5) is 0 Å². The van der Waals surface area contributed by atoms with Gasteiger partial charge in [0.1, 0.15) is 5.75 Å². The van der Waals surface area contributed by atoms with Gasteiger partial charge in [-0.15, -0.1) is 0 Å². The van der Waals surface area contributed by atoms with Crippen molar-refractivity contribution in [3.8, 4) is 5.75 Å². The second kappa shape index (κ2) is 5.35. The molecule has 2 rings (SSSR count). The maximum atomic E-state index is 5.25. The summed E-state index contributed by atoms with van der Waals surface area (Å²) in [5, 5.41) is 0. The van der Waals surface area contributed by atoms with Crippen molar-refractivity contribution in [1.29, 1.82) is 0 Å². The number of ether oxygens (including phenoxy) is 1. The monoisotopic (exact) mass is 219 g/mol. The highest BCUT2D eigenvalue weighted by Gasteiger charge is 2.17. The van der Waals surface area contributed by atoms with E-state index < -0.39 is 0 Å². The van der Waals surface area contributed by atoms with E-state index in [-0.39, 0.29) is 0 Å². The first-order valence-corrected chi connectivity index (χ1v) is 6.16. The maximum absolute atomic E-state index is 5.25. The maximum Gasteiger partial charge on any atom is 0.119 e. The summed E-state index contributed by atoms with van der Waals surface area (Å²) in [4.78, 5) is 2.57. The number of hydrogen-bond acceptors (Lipinski definition) is 2. The third kappa shape index (κ3) is 2.76. The van der Waals surface area contributed by atoms with Crippen molar-refractivity contribution in [3.05, 3.63) is 29.8 Å². The molecule has 1 aliphatic rings. The molecule has 0 saturated carbocycles. The van der Waals surface area contributed by atoms with Crippen LogP contribution in [0.15, 0.2) is 24.3 Å². The number of hydrogen-bond donors (Lipinski definition) is 0. The van der Waals surface area contributed by atoms with Crippen LogP contribution >= 0.6 is 0 Å². The van der Waals surface area contributed by atoms with Gasteiger partial charge in [-0.05, 0) is 44.0 Å². The van der Waals surface area contributed by atoms with Gasteiger partial charge in [-0.1, -0.05) is 18.6 Å². The second-order valence-corrected chi connectivity index (χ2v) is 4.67. The van der Waals surface area contributed by atoms with Gasteiger partial charge in [0, 0.05) is 12.6 Å². The predicted molar refractivity (Wildman–Crippen MR) is 66.7 cm³/mol. The van der Waals surface area contributed by atoms with Crippen LogP contribution in [0, 0.1) is 0 Å². The van der Waals surface area contributed by atoms with Crippen molar-refractivity contribution >= 4 is 0 Å². The Morgan fingerprint density at radius 3 is 3.00 bits per heavy atom. The molecule has 88 valence electrons. The Labute approximate surface area is 98.2 Å². The molecular weight excluding hydrogens is 198 g/mol. The Morgan fingerprint density at radius 1 is 1.38 bits per heavy atom. The molecule has 0 bridgehead atoms. The lowest BCUT2D eigenvalue weighted by Gasteiger charge is -2.33. The van der Waals surface area contributed by atoms with Gasteiger partial charge < -0.3 is 4.74 Å². The fourth-order valence-electron chi connectivity index (χ4n) is 2.40. The van der Waals surface area contributed by atoms with E-state index in [0.29, 0.717) is 0 Å². The van der Waals surface area contributed by atoms with Gasteiger partial charge in [-0.25, -0.2) is 0 Å². The summed E-state index contributed by atoms with van der Waals surface area (Å²) in [7, 11) is 1.72. The molecule has 0 N–H and O–H groups in total. The van der Waals surface area contributed by atoms with Gasteiger partial charge in [0.25, 0.3) is 0 Å². The molecule has 0 amide bonds. The molecular formula is C14H21NO. The van der Waals surface area contributed by atoms with Crippen LogP contribution < -0.4 is 4.74 Å². The molecule has 1 aromatic rings. The van der Waals surface area contributed by atoms with E-state index in [0.717, 1.165) is 18.3 Å². The van der Waals surface area contributed by atoms with Crippen molar-refractivity contribution in [3.63, 3.8) is 0 Å². The van der Waals surface area contributed by atoms with Crippen molar-refractivity contribution in [2.24, 2.45) is 0 Å². The second-order valence-electron chi connectivity index (χ2n) is 4.67. The fourth-order valence-corrected chi connectivity index (χ4v) is 2.40. The average Bonchev–Trinajstić information content (AvgIpc) is 2.32. The van der Waals surface area contributed by atoms with Crippen molar-refractivity contribution in [1.82, 2.24) is 4.90 Å². The van der Waals surface area contributed by atoms with Crippen LogP contribution in [0.1, 0.15) is 31.7 Å². The van der Waals surface area contributed by atoms with E-state index in [1.165, 1.54) is 31.4 Å². The molecule has 0 aliphatic carbocycles. The summed E-state index contributed by atoms with van der Waals surface area (Å²) < 4.78 is 5.25. The average molecular weight is 219 g/mol. The van der Waals surface area contributed by atoms with E-state index in [4.69, 9.17) is 4.74 Å². The van der Waals surface area contributed by atoms with E-state index in [1.807, 2.05) is 6.07 Å². The van der Waals surface area contributed by atoms with Gasteiger partial charge in [-0.2, -0.15) is 0 Å². The van der Waals surface area contributed by atoms with Gasteiger partial charge in [-0.3, -0.25) is 4.90 Å². The largest absolute Gasteiger partial charge is 0.497 e. The topological polar surface area (TPSA) is 12.5 Å². The molecule has 16 heavy (non-hydrogen) atoms. The number of likely N-dealkylation sites (tertiary alicyclic amines) is 1. The first-order chi connectivity index (χ1) is 7.79. The molecule has 0 spiro atoms. The van der Waals surface area contributed by atoms with Gasteiger partial charge in [0.2, 0.25) is 0 Å². The van der Waals surface area contributed by atoms with E-state index in [2.05, 4.69) is 30.0 Å². The van der Waals surface area contributed by atoms with Gasteiger partial charge in [0.15, 0.2) is 0 Å². The van der Waals surface area contributed by atoms with Crippen LogP contribution in [0.25, 0.3) is 0 Å². The number of methoxy groups -OCH3 is 1. The normalized spacial score (nSPS) is 22.0. The van der Waals surface area contributed by atoms with Crippen molar-refractivity contribution < 1.29 is 4.74 Å². The Bertz CT molecular complexity index is 337. The van der Waals surface area contributed by atoms with Crippen LogP contribution in [0.3, 0.4) is 0 Å². The first-order valence-electron chi connectivity index (χ1n) is 6.16. The number of nitrogens with zero attached hydrogens (tertiary/aromatic N) is 1. The summed E-state index contributed by atoms with van der Waals surface area (Å²) in [6, 6.07) is 9.12. The molecule has 1 saturated heterocycles. The fraction of sp³-hybridized carbons (Fsp3) is 0.571. The minimum atomic E-state index is 0.722. The Hall–Kier alpha value is -1.02. The molecule has 1 heterocycles. The summed E-state index contributed by atoms with van der Waals surface area (Å²) in [5.41, 5.74) is 1.35. The molecule has 2 heteroatoms. The molecule has 0 aromatic heterocycles. The zero-order valence-electron chi connectivity index (χ0n) is 10.3.